The number of benzene rings is 2. The van der Waals surface area contributed by atoms with Crippen molar-refractivity contribution >= 4 is 41.1 Å². The molecule has 2 rings (SSSR count). The van der Waals surface area contributed by atoms with Crippen LogP contribution in [0.4, 0.5) is 0 Å². The fraction of sp³-hybridized carbons (Fsp3) is 0.294. The Morgan fingerprint density at radius 2 is 0.955 bits per heavy atom. The molecule has 0 saturated heterocycles. The van der Waals surface area contributed by atoms with Crippen LogP contribution in [0.25, 0.3) is 0 Å². The van der Waals surface area contributed by atoms with Crippen LogP contribution in [0.2, 0.25) is 0 Å². The molecule has 0 radical (unpaired) electrons. The molecule has 2 N–H and O–H groups in total. The van der Waals surface area contributed by atoms with E-state index in [1.165, 1.54) is 6.42 Å². The molecule has 0 saturated carbocycles. The van der Waals surface area contributed by atoms with Crippen LogP contribution in [0.5, 0.6) is 11.5 Å². The van der Waals surface area contributed by atoms with Crippen molar-refractivity contribution in [3.63, 3.8) is 0 Å². The number of phenolic OH excluding ortho intramolecular Hbond substituents is 2. The quantitative estimate of drug-likeness (QED) is 0.647. The van der Waals surface area contributed by atoms with E-state index in [1.807, 2.05) is 13.8 Å². The van der Waals surface area contributed by atoms with Crippen molar-refractivity contribution in [1.29, 1.82) is 0 Å². The minimum absolute atomic E-state index is 0.187. The normalized spacial score (nSPS) is 10.6. The van der Waals surface area contributed by atoms with Crippen LogP contribution in [-0.4, -0.2) is 26.2 Å². The molecule has 2 nitrogen and oxygen atoms in total. The van der Waals surface area contributed by atoms with Crippen molar-refractivity contribution in [3.05, 3.63) is 48.5 Å². The van der Waals surface area contributed by atoms with Gasteiger partial charge in [-0.25, -0.2) is 0 Å². The van der Waals surface area contributed by atoms with Gasteiger partial charge in [0.25, 0.3) is 0 Å². The third-order valence-electron chi connectivity index (χ3n) is 2.27. The topological polar surface area (TPSA) is 40.5 Å². The standard InChI is InChI=1S/C12H10Cl2O2Te.C3H8.C2H6/c13-17(14,11-5-1-9(15)2-6-11)12-7-3-10(16)4-8-12;1-3-2;1-2/h1-8,15-16H;3H2,1-2H3;1-2H3. The Kier molecular flexibility index (Phi) is 10.7. The first-order valence-electron chi connectivity index (χ1n) is 7.22. The number of rotatable bonds is 2. The summed E-state index contributed by atoms with van der Waals surface area (Å²) in [5.74, 6) is 0.373. The van der Waals surface area contributed by atoms with Gasteiger partial charge in [0, 0.05) is 0 Å². The first-order chi connectivity index (χ1) is 10.4. The number of halogens is 2. The molecule has 0 bridgehead atoms. The van der Waals surface area contributed by atoms with E-state index >= 15 is 0 Å². The predicted molar refractivity (Wildman–Crippen MR) is 100 cm³/mol. The Morgan fingerprint density at radius 1 is 0.727 bits per heavy atom. The van der Waals surface area contributed by atoms with Gasteiger partial charge in [-0.1, -0.05) is 34.1 Å². The van der Waals surface area contributed by atoms with Gasteiger partial charge in [-0.2, -0.15) is 0 Å². The van der Waals surface area contributed by atoms with Gasteiger partial charge in [0.15, 0.2) is 0 Å². The van der Waals surface area contributed by atoms with E-state index in [1.54, 1.807) is 48.5 Å². The van der Waals surface area contributed by atoms with E-state index in [2.05, 4.69) is 13.8 Å². The van der Waals surface area contributed by atoms with Crippen molar-refractivity contribution in [3.8, 4) is 11.5 Å². The van der Waals surface area contributed by atoms with Crippen LogP contribution in [0.15, 0.2) is 48.5 Å². The SMILES string of the molecule is CC.CCC.Oc1ccc([Te](Cl)(Cl)c2ccc(O)cc2)cc1. The minimum atomic E-state index is -3.36. The molecule has 22 heavy (non-hydrogen) atoms. The van der Waals surface area contributed by atoms with Gasteiger partial charge < -0.3 is 0 Å². The van der Waals surface area contributed by atoms with Gasteiger partial charge in [0.1, 0.15) is 0 Å². The summed E-state index contributed by atoms with van der Waals surface area (Å²) in [6, 6.07) is 13.2. The zero-order valence-corrected chi connectivity index (χ0v) is 17.2. The van der Waals surface area contributed by atoms with E-state index in [-0.39, 0.29) is 11.5 Å². The Balaban J connectivity index is 0.000000789. The summed E-state index contributed by atoms with van der Waals surface area (Å²) in [5, 5.41) is 18.5. The second kappa shape index (κ2) is 11.0. The second-order valence-electron chi connectivity index (χ2n) is 4.16. The summed E-state index contributed by atoms with van der Waals surface area (Å²) >= 11 is -3.36. The van der Waals surface area contributed by atoms with E-state index < -0.39 is 15.9 Å². The molecule has 2 aromatic rings. The molecular formula is C17H24Cl2O2Te. The maximum absolute atomic E-state index is 9.23. The average Bonchev–Trinajstić information content (AvgIpc) is 2.51. The van der Waals surface area contributed by atoms with Crippen LogP contribution in [0, 0.1) is 0 Å². The van der Waals surface area contributed by atoms with E-state index in [0.717, 1.165) is 7.22 Å². The molecule has 124 valence electrons. The fourth-order valence-electron chi connectivity index (χ4n) is 1.37. The van der Waals surface area contributed by atoms with Crippen molar-refractivity contribution in [2.24, 2.45) is 0 Å². The van der Waals surface area contributed by atoms with Crippen molar-refractivity contribution < 1.29 is 10.2 Å². The molecule has 0 atom stereocenters. The van der Waals surface area contributed by atoms with E-state index in [9.17, 15) is 10.2 Å². The van der Waals surface area contributed by atoms with Crippen LogP contribution in [-0.2, 0) is 0 Å². The van der Waals surface area contributed by atoms with E-state index in [4.69, 9.17) is 17.9 Å². The third kappa shape index (κ3) is 6.67. The Hall–Kier alpha value is -0.590. The van der Waals surface area contributed by atoms with Crippen LogP contribution < -0.4 is 7.22 Å². The molecule has 2 aromatic carbocycles. The number of phenols is 2. The van der Waals surface area contributed by atoms with Crippen molar-refractivity contribution in [2.75, 3.05) is 0 Å². The fourth-order valence-corrected chi connectivity index (χ4v) is 7.64. The molecule has 0 spiro atoms. The van der Waals surface area contributed by atoms with Gasteiger partial charge in [0.05, 0.1) is 0 Å². The third-order valence-corrected chi connectivity index (χ3v) is 12.0. The molecule has 0 aliphatic heterocycles. The molecule has 0 aliphatic carbocycles. The monoisotopic (exact) mass is 460 g/mol. The van der Waals surface area contributed by atoms with Gasteiger partial charge in [-0.3, -0.25) is 0 Å². The van der Waals surface area contributed by atoms with Crippen LogP contribution in [0.3, 0.4) is 0 Å². The summed E-state index contributed by atoms with van der Waals surface area (Å²) in [6.45, 7) is 8.25. The molecule has 0 heterocycles. The Labute approximate surface area is 145 Å². The van der Waals surface area contributed by atoms with Gasteiger partial charge in [0.2, 0.25) is 0 Å². The molecule has 5 heteroatoms. The van der Waals surface area contributed by atoms with Crippen LogP contribution >= 0.6 is 17.9 Å². The molecule has 0 amide bonds. The Morgan fingerprint density at radius 3 is 1.18 bits per heavy atom. The summed E-state index contributed by atoms with van der Waals surface area (Å²) < 4.78 is 1.69. The van der Waals surface area contributed by atoms with Gasteiger partial charge in [-0.05, 0) is 0 Å². The number of hydrogen-bond acceptors (Lipinski definition) is 2. The molecule has 0 aromatic heterocycles. The zero-order valence-electron chi connectivity index (χ0n) is 13.4. The molecule has 0 fully saturated rings. The first kappa shape index (κ1) is 21.4. The zero-order chi connectivity index (χ0) is 17.2. The van der Waals surface area contributed by atoms with Crippen molar-refractivity contribution in [2.45, 2.75) is 34.1 Å². The number of aromatic hydroxyl groups is 2. The van der Waals surface area contributed by atoms with E-state index in [0.29, 0.717) is 0 Å². The predicted octanol–water partition coefficient (Wildman–Crippen LogP) is 4.57. The van der Waals surface area contributed by atoms with Gasteiger partial charge >= 0.3 is 111 Å². The Bertz CT molecular complexity index is 478. The first-order valence-corrected chi connectivity index (χ1v) is 15.5. The number of hydrogen-bond donors (Lipinski definition) is 2. The molecule has 0 unspecified atom stereocenters. The summed E-state index contributed by atoms with van der Waals surface area (Å²) in [4.78, 5) is 0. The van der Waals surface area contributed by atoms with Crippen LogP contribution in [0.1, 0.15) is 34.1 Å². The van der Waals surface area contributed by atoms with Crippen molar-refractivity contribution in [1.82, 2.24) is 0 Å². The average molecular weight is 459 g/mol. The summed E-state index contributed by atoms with van der Waals surface area (Å²) in [6.07, 6.45) is 1.25. The summed E-state index contributed by atoms with van der Waals surface area (Å²) in [5.41, 5.74) is 0. The molecule has 0 aliphatic rings. The van der Waals surface area contributed by atoms with Gasteiger partial charge in [-0.15, -0.1) is 0 Å². The second-order valence-corrected chi connectivity index (χ2v) is 16.8. The molecular weight excluding hydrogens is 435 g/mol. The maximum atomic E-state index is 9.23. The summed E-state index contributed by atoms with van der Waals surface area (Å²) in [7, 11) is 13.0.